The summed E-state index contributed by atoms with van der Waals surface area (Å²) in [5, 5.41) is 6.52. The number of aryl methyl sites for hydroxylation is 2. The van der Waals surface area contributed by atoms with Crippen LogP contribution in [0.15, 0.2) is 34.6 Å². The highest BCUT2D eigenvalue weighted by atomic mass is 32.2. The van der Waals surface area contributed by atoms with Crippen LogP contribution in [0.25, 0.3) is 0 Å². The molecule has 0 radical (unpaired) electrons. The minimum absolute atomic E-state index is 0.0934. The van der Waals surface area contributed by atoms with Crippen molar-refractivity contribution in [1.82, 2.24) is 19.1 Å². The maximum Gasteiger partial charge on any atom is 0.249 e. The first-order valence-electron chi connectivity index (χ1n) is 8.40. The summed E-state index contributed by atoms with van der Waals surface area (Å²) in [4.78, 5) is 0.0969. The molecule has 2 aromatic rings. The predicted octanol–water partition coefficient (Wildman–Crippen LogP) is 0.759. The molecule has 1 aromatic heterocycles. The van der Waals surface area contributed by atoms with Crippen LogP contribution in [0.4, 0.5) is 0 Å². The fraction of sp³-hybridized carbons (Fsp3) is 0.500. The van der Waals surface area contributed by atoms with Gasteiger partial charge in [-0.3, -0.25) is 0 Å². The molecule has 1 aliphatic heterocycles. The molecule has 0 saturated carbocycles. The summed E-state index contributed by atoms with van der Waals surface area (Å²) in [5.74, 6) is 0.273. The van der Waals surface area contributed by atoms with Crippen LogP contribution in [0, 0.1) is 6.92 Å². The number of nitrogens with zero attached hydrogens (tertiary/aromatic N) is 4. The van der Waals surface area contributed by atoms with Gasteiger partial charge in [0.1, 0.15) is 17.0 Å². The summed E-state index contributed by atoms with van der Waals surface area (Å²) in [6, 6.07) is 4.96. The van der Waals surface area contributed by atoms with Gasteiger partial charge in [-0.25, -0.2) is 16.8 Å². The molecule has 2 heterocycles. The molecule has 0 spiro atoms. The van der Waals surface area contributed by atoms with Gasteiger partial charge in [0, 0.05) is 20.1 Å². The van der Waals surface area contributed by atoms with E-state index < -0.39 is 25.1 Å². The van der Waals surface area contributed by atoms with Crippen molar-refractivity contribution in [2.45, 2.75) is 35.1 Å². The molecule has 148 valence electrons. The van der Waals surface area contributed by atoms with E-state index in [1.807, 2.05) is 0 Å². The number of methoxy groups -OCH3 is 1. The molecule has 1 aliphatic rings. The van der Waals surface area contributed by atoms with Crippen molar-refractivity contribution in [1.29, 1.82) is 0 Å². The van der Waals surface area contributed by atoms with Crippen molar-refractivity contribution in [3.8, 4) is 5.75 Å². The first kappa shape index (κ1) is 19.8. The molecule has 11 heteroatoms. The van der Waals surface area contributed by atoms with E-state index in [9.17, 15) is 16.8 Å². The van der Waals surface area contributed by atoms with Crippen molar-refractivity contribution in [2.75, 3.05) is 20.2 Å². The zero-order chi connectivity index (χ0) is 19.8. The highest BCUT2D eigenvalue weighted by Gasteiger charge is 2.38. The van der Waals surface area contributed by atoms with Gasteiger partial charge in [-0.05, 0) is 37.5 Å². The monoisotopic (exact) mass is 414 g/mol. The normalized spacial score (nSPS) is 17.1. The lowest BCUT2D eigenvalue weighted by Gasteiger charge is -2.31. The van der Waals surface area contributed by atoms with Crippen LogP contribution in [0.2, 0.25) is 0 Å². The predicted molar refractivity (Wildman–Crippen MR) is 97.7 cm³/mol. The van der Waals surface area contributed by atoms with Gasteiger partial charge in [0.05, 0.1) is 12.4 Å². The number of rotatable bonds is 5. The number of sulfone groups is 1. The number of hydrogen-bond donors (Lipinski definition) is 0. The smallest absolute Gasteiger partial charge is 0.249 e. The van der Waals surface area contributed by atoms with Crippen molar-refractivity contribution < 1.29 is 21.6 Å². The lowest BCUT2D eigenvalue weighted by molar-refractivity contribution is 0.341. The van der Waals surface area contributed by atoms with Gasteiger partial charge < -0.3 is 9.30 Å². The van der Waals surface area contributed by atoms with E-state index >= 15 is 0 Å². The van der Waals surface area contributed by atoms with E-state index in [2.05, 4.69) is 10.2 Å². The summed E-state index contributed by atoms with van der Waals surface area (Å²) in [7, 11) is -4.45. The first-order valence-corrected chi connectivity index (χ1v) is 11.4. The van der Waals surface area contributed by atoms with Crippen LogP contribution >= 0.6 is 0 Å². The first-order chi connectivity index (χ1) is 12.7. The SMILES string of the molecule is COc1ccc(C)cc1S(=O)(=O)N1CCC(S(=O)(=O)c2nncn2C)CC1. The molecule has 0 unspecified atom stereocenters. The van der Waals surface area contributed by atoms with Crippen molar-refractivity contribution in [3.63, 3.8) is 0 Å². The fourth-order valence-electron chi connectivity index (χ4n) is 3.19. The van der Waals surface area contributed by atoms with Gasteiger partial charge in [-0.15, -0.1) is 10.2 Å². The summed E-state index contributed by atoms with van der Waals surface area (Å²) >= 11 is 0. The second-order valence-corrected chi connectivity index (χ2v) is 10.6. The Morgan fingerprint density at radius 2 is 1.81 bits per heavy atom. The van der Waals surface area contributed by atoms with Gasteiger partial charge in [-0.2, -0.15) is 4.31 Å². The molecule has 1 fully saturated rings. The molecule has 0 amide bonds. The van der Waals surface area contributed by atoms with E-state index in [1.165, 1.54) is 22.3 Å². The third-order valence-electron chi connectivity index (χ3n) is 4.70. The van der Waals surface area contributed by atoms with E-state index in [0.717, 1.165) is 5.56 Å². The van der Waals surface area contributed by atoms with Crippen LogP contribution < -0.4 is 4.74 Å². The molecule has 0 bridgehead atoms. The molecule has 0 aliphatic carbocycles. The Hall–Kier alpha value is -1.98. The average Bonchev–Trinajstić information content (AvgIpc) is 3.08. The third-order valence-corrected chi connectivity index (χ3v) is 8.85. The van der Waals surface area contributed by atoms with Crippen LogP contribution in [-0.2, 0) is 26.9 Å². The standard InChI is InChI=1S/C16H22N4O5S2/c1-12-4-5-14(25-3)15(10-12)27(23,24)20-8-6-13(7-9-20)26(21,22)16-18-17-11-19(16)2/h4-5,10-11,13H,6-9H2,1-3H3. The van der Waals surface area contributed by atoms with Crippen LogP contribution in [0.5, 0.6) is 5.75 Å². The van der Waals surface area contributed by atoms with Crippen LogP contribution in [-0.4, -0.2) is 61.4 Å². The number of aromatic nitrogens is 3. The van der Waals surface area contributed by atoms with Crippen molar-refractivity contribution in [3.05, 3.63) is 30.1 Å². The molecule has 3 rings (SSSR count). The van der Waals surface area contributed by atoms with Crippen LogP contribution in [0.1, 0.15) is 18.4 Å². The van der Waals surface area contributed by atoms with Crippen LogP contribution in [0.3, 0.4) is 0 Å². The van der Waals surface area contributed by atoms with Gasteiger partial charge in [0.2, 0.25) is 25.0 Å². The van der Waals surface area contributed by atoms with E-state index in [0.29, 0.717) is 0 Å². The Kier molecular flexibility index (Phi) is 5.28. The number of benzene rings is 1. The second kappa shape index (κ2) is 7.21. The van der Waals surface area contributed by atoms with E-state index in [4.69, 9.17) is 4.74 Å². The van der Waals surface area contributed by atoms with Gasteiger partial charge >= 0.3 is 0 Å². The molecular weight excluding hydrogens is 392 g/mol. The molecule has 1 saturated heterocycles. The molecule has 0 N–H and O–H groups in total. The molecule has 0 atom stereocenters. The second-order valence-electron chi connectivity index (χ2n) is 6.53. The highest BCUT2D eigenvalue weighted by Crippen LogP contribution is 2.31. The zero-order valence-electron chi connectivity index (χ0n) is 15.4. The third kappa shape index (κ3) is 3.58. The maximum atomic E-state index is 13.0. The van der Waals surface area contributed by atoms with Crippen molar-refractivity contribution >= 4 is 19.9 Å². The van der Waals surface area contributed by atoms with E-state index in [-0.39, 0.29) is 41.7 Å². The van der Waals surface area contributed by atoms with Gasteiger partial charge in [0.25, 0.3) is 0 Å². The number of hydrogen-bond acceptors (Lipinski definition) is 7. The molecule has 27 heavy (non-hydrogen) atoms. The van der Waals surface area contributed by atoms with Gasteiger partial charge in [-0.1, -0.05) is 6.07 Å². The number of ether oxygens (including phenoxy) is 1. The Balaban J connectivity index is 1.82. The largest absolute Gasteiger partial charge is 0.495 e. The lowest BCUT2D eigenvalue weighted by atomic mass is 10.2. The Morgan fingerprint density at radius 1 is 1.15 bits per heavy atom. The number of sulfonamides is 1. The molecule has 9 nitrogen and oxygen atoms in total. The average molecular weight is 415 g/mol. The summed E-state index contributed by atoms with van der Waals surface area (Å²) in [6.45, 7) is 2.03. The fourth-order valence-corrected chi connectivity index (χ4v) is 6.64. The van der Waals surface area contributed by atoms with E-state index in [1.54, 1.807) is 32.2 Å². The quantitative estimate of drug-likeness (QED) is 0.710. The topological polar surface area (TPSA) is 111 Å². The molecular formula is C16H22N4O5S2. The van der Waals surface area contributed by atoms with Gasteiger partial charge in [0.15, 0.2) is 0 Å². The number of piperidine rings is 1. The highest BCUT2D eigenvalue weighted by molar-refractivity contribution is 7.92. The Morgan fingerprint density at radius 3 is 2.37 bits per heavy atom. The zero-order valence-corrected chi connectivity index (χ0v) is 17.0. The lowest BCUT2D eigenvalue weighted by Crippen LogP contribution is -2.42. The Labute approximate surface area is 158 Å². The minimum atomic E-state index is -3.78. The minimum Gasteiger partial charge on any atom is -0.495 e. The van der Waals surface area contributed by atoms with Crippen molar-refractivity contribution in [2.24, 2.45) is 7.05 Å². The Bertz CT molecular complexity index is 1040. The summed E-state index contributed by atoms with van der Waals surface area (Å²) in [6.07, 6.45) is 1.72. The molecule has 1 aromatic carbocycles. The summed E-state index contributed by atoms with van der Waals surface area (Å²) < 4.78 is 59.4. The summed E-state index contributed by atoms with van der Waals surface area (Å²) in [5.41, 5.74) is 0.800. The maximum absolute atomic E-state index is 13.0.